The number of anilines is 1. The molecule has 2 heterocycles. The van der Waals surface area contributed by atoms with Crippen LogP contribution in [-0.4, -0.2) is 35.7 Å². The molecule has 0 aliphatic carbocycles. The van der Waals surface area contributed by atoms with Crippen LogP contribution in [0.3, 0.4) is 0 Å². The maximum absolute atomic E-state index is 13.2. The summed E-state index contributed by atoms with van der Waals surface area (Å²) in [6, 6.07) is 5.55. The van der Waals surface area contributed by atoms with Gasteiger partial charge in [-0.2, -0.15) is 0 Å². The van der Waals surface area contributed by atoms with E-state index >= 15 is 0 Å². The fourth-order valence-electron chi connectivity index (χ4n) is 2.74. The average Bonchev–Trinajstić information content (AvgIpc) is 3.14. The van der Waals surface area contributed by atoms with Crippen molar-refractivity contribution in [3.63, 3.8) is 0 Å². The lowest BCUT2D eigenvalue weighted by atomic mass is 10.2. The molecular formula is C20H23FN4O4S. The van der Waals surface area contributed by atoms with Crippen molar-refractivity contribution < 1.29 is 23.5 Å². The monoisotopic (exact) mass is 434 g/mol. The Balaban J connectivity index is 1.47. The van der Waals surface area contributed by atoms with Gasteiger partial charge in [-0.15, -0.1) is 11.3 Å². The standard InChI is InChI=1S/C20H23FN4O4S/c1-13-17(7-4-8-28-13)29-20(27)25(2)11-16-12-30-19(23-16)24-18(26)22-10-14-5-3-6-15(21)9-14/h3,5-6,9,12H,4,7-8,10-11H2,1-2H3,(H2,22,23,24,26). The van der Waals surface area contributed by atoms with Crippen molar-refractivity contribution in [2.75, 3.05) is 19.0 Å². The maximum Gasteiger partial charge on any atom is 0.415 e. The van der Waals surface area contributed by atoms with Gasteiger partial charge in [0, 0.05) is 25.4 Å². The minimum absolute atomic E-state index is 0.190. The van der Waals surface area contributed by atoms with Crippen LogP contribution in [0.5, 0.6) is 0 Å². The third-order valence-corrected chi connectivity index (χ3v) is 5.10. The van der Waals surface area contributed by atoms with Crippen LogP contribution in [0.1, 0.15) is 31.0 Å². The number of aromatic nitrogens is 1. The van der Waals surface area contributed by atoms with E-state index in [4.69, 9.17) is 9.47 Å². The summed E-state index contributed by atoms with van der Waals surface area (Å²) in [7, 11) is 1.61. The summed E-state index contributed by atoms with van der Waals surface area (Å²) in [5.74, 6) is 0.825. The summed E-state index contributed by atoms with van der Waals surface area (Å²) in [4.78, 5) is 30.0. The minimum Gasteiger partial charge on any atom is -0.495 e. The van der Waals surface area contributed by atoms with E-state index in [0.717, 1.165) is 6.42 Å². The Labute approximate surface area is 177 Å². The molecule has 2 aromatic rings. The first-order chi connectivity index (χ1) is 14.4. The van der Waals surface area contributed by atoms with Gasteiger partial charge in [-0.1, -0.05) is 12.1 Å². The highest BCUT2D eigenvalue weighted by Gasteiger charge is 2.19. The zero-order valence-corrected chi connectivity index (χ0v) is 17.6. The predicted molar refractivity (Wildman–Crippen MR) is 110 cm³/mol. The summed E-state index contributed by atoms with van der Waals surface area (Å²) in [6.45, 7) is 2.83. The molecule has 1 aliphatic heterocycles. The van der Waals surface area contributed by atoms with Crippen LogP contribution < -0.4 is 10.6 Å². The van der Waals surface area contributed by atoms with E-state index in [0.29, 0.717) is 40.9 Å². The lowest BCUT2D eigenvalue weighted by Gasteiger charge is -2.21. The number of allylic oxidation sites excluding steroid dienone is 2. The number of carbonyl (C=O) groups excluding carboxylic acids is 2. The molecule has 3 rings (SSSR count). The third-order valence-electron chi connectivity index (χ3n) is 4.30. The van der Waals surface area contributed by atoms with Gasteiger partial charge in [-0.05, 0) is 31.0 Å². The van der Waals surface area contributed by atoms with Gasteiger partial charge in [0.25, 0.3) is 0 Å². The SMILES string of the molecule is CC1=C(OC(=O)N(C)Cc2csc(NC(=O)NCc3cccc(F)c3)n2)CCCO1. The molecule has 0 fully saturated rings. The first-order valence-electron chi connectivity index (χ1n) is 9.40. The van der Waals surface area contributed by atoms with Crippen molar-refractivity contribution >= 4 is 28.6 Å². The van der Waals surface area contributed by atoms with Gasteiger partial charge >= 0.3 is 12.1 Å². The molecule has 0 unspecified atom stereocenters. The van der Waals surface area contributed by atoms with Crippen molar-refractivity contribution in [3.05, 3.63) is 58.2 Å². The predicted octanol–water partition coefficient (Wildman–Crippen LogP) is 4.21. The van der Waals surface area contributed by atoms with E-state index in [9.17, 15) is 14.0 Å². The van der Waals surface area contributed by atoms with Crippen molar-refractivity contribution in [3.8, 4) is 0 Å². The summed E-state index contributed by atoms with van der Waals surface area (Å²) >= 11 is 1.24. The molecule has 3 amide bonds. The molecular weight excluding hydrogens is 411 g/mol. The number of nitrogens with zero attached hydrogens (tertiary/aromatic N) is 2. The molecule has 0 saturated heterocycles. The molecule has 0 radical (unpaired) electrons. The molecule has 1 aromatic heterocycles. The third kappa shape index (κ3) is 6.18. The lowest BCUT2D eigenvalue weighted by molar-refractivity contribution is 0.105. The van der Waals surface area contributed by atoms with Crippen molar-refractivity contribution in [1.82, 2.24) is 15.2 Å². The Morgan fingerprint density at radius 1 is 1.40 bits per heavy atom. The molecule has 0 atom stereocenters. The van der Waals surface area contributed by atoms with E-state index in [2.05, 4.69) is 15.6 Å². The molecule has 10 heteroatoms. The van der Waals surface area contributed by atoms with Gasteiger partial charge in [0.15, 0.2) is 5.13 Å². The highest BCUT2D eigenvalue weighted by molar-refractivity contribution is 7.13. The Kier molecular flexibility index (Phi) is 7.23. The number of ether oxygens (including phenoxy) is 2. The molecule has 30 heavy (non-hydrogen) atoms. The van der Waals surface area contributed by atoms with Gasteiger partial charge < -0.3 is 19.7 Å². The zero-order valence-electron chi connectivity index (χ0n) is 16.7. The fourth-order valence-corrected chi connectivity index (χ4v) is 3.43. The smallest absolute Gasteiger partial charge is 0.415 e. The first kappa shape index (κ1) is 21.6. The second-order valence-corrected chi connectivity index (χ2v) is 7.60. The van der Waals surface area contributed by atoms with Crippen molar-refractivity contribution in [1.29, 1.82) is 0 Å². The van der Waals surface area contributed by atoms with Crippen LogP contribution in [0, 0.1) is 5.82 Å². The number of hydrogen-bond donors (Lipinski definition) is 2. The first-order valence-corrected chi connectivity index (χ1v) is 10.3. The highest BCUT2D eigenvalue weighted by Crippen LogP contribution is 2.21. The molecule has 2 N–H and O–H groups in total. The van der Waals surface area contributed by atoms with E-state index < -0.39 is 12.1 Å². The second kappa shape index (κ2) is 10.1. The summed E-state index contributed by atoms with van der Waals surface area (Å²) < 4.78 is 24.0. The normalized spacial score (nSPS) is 13.4. The van der Waals surface area contributed by atoms with Crippen molar-refractivity contribution in [2.45, 2.75) is 32.9 Å². The topological polar surface area (TPSA) is 92.8 Å². The molecule has 0 bridgehead atoms. The van der Waals surface area contributed by atoms with Crippen LogP contribution in [0.2, 0.25) is 0 Å². The lowest BCUT2D eigenvalue weighted by Crippen LogP contribution is -2.28. The van der Waals surface area contributed by atoms with Gasteiger partial charge in [-0.3, -0.25) is 5.32 Å². The number of urea groups is 1. The van der Waals surface area contributed by atoms with E-state index in [1.54, 1.807) is 31.5 Å². The molecule has 1 aliphatic rings. The van der Waals surface area contributed by atoms with E-state index in [-0.39, 0.29) is 18.9 Å². The second-order valence-electron chi connectivity index (χ2n) is 6.74. The molecule has 160 valence electrons. The summed E-state index contributed by atoms with van der Waals surface area (Å²) in [5.41, 5.74) is 1.27. The number of rotatable bonds is 6. The van der Waals surface area contributed by atoms with Crippen LogP contribution in [0.15, 0.2) is 41.2 Å². The number of nitrogens with one attached hydrogen (secondary N) is 2. The van der Waals surface area contributed by atoms with Gasteiger partial charge in [0.2, 0.25) is 0 Å². The largest absolute Gasteiger partial charge is 0.495 e. The van der Waals surface area contributed by atoms with Crippen molar-refractivity contribution in [2.24, 2.45) is 0 Å². The van der Waals surface area contributed by atoms with E-state index in [1.165, 1.54) is 28.4 Å². The van der Waals surface area contributed by atoms with Gasteiger partial charge in [0.05, 0.1) is 18.8 Å². The number of hydrogen-bond acceptors (Lipinski definition) is 6. The number of carbonyl (C=O) groups is 2. The molecule has 1 aromatic carbocycles. The Bertz CT molecular complexity index is 946. The van der Waals surface area contributed by atoms with Gasteiger partial charge in [0.1, 0.15) is 17.3 Å². The molecule has 0 spiro atoms. The average molecular weight is 434 g/mol. The molecule has 8 nitrogen and oxygen atoms in total. The summed E-state index contributed by atoms with van der Waals surface area (Å²) in [5, 5.41) is 7.41. The quantitative estimate of drug-likeness (QED) is 0.710. The fraction of sp³-hybridized carbons (Fsp3) is 0.350. The number of amides is 3. The van der Waals surface area contributed by atoms with Gasteiger partial charge in [-0.25, -0.2) is 19.0 Å². The highest BCUT2D eigenvalue weighted by atomic mass is 32.1. The maximum atomic E-state index is 13.2. The zero-order chi connectivity index (χ0) is 21.5. The minimum atomic E-state index is -0.495. The number of thiazole rings is 1. The number of halogens is 1. The Hall–Kier alpha value is -3.14. The number of benzene rings is 1. The van der Waals surface area contributed by atoms with Crippen LogP contribution >= 0.6 is 11.3 Å². The van der Waals surface area contributed by atoms with Crippen LogP contribution in [0.25, 0.3) is 0 Å². The Morgan fingerprint density at radius 3 is 3.00 bits per heavy atom. The Morgan fingerprint density at radius 2 is 2.23 bits per heavy atom. The van der Waals surface area contributed by atoms with Crippen LogP contribution in [0.4, 0.5) is 19.1 Å². The van der Waals surface area contributed by atoms with E-state index in [1.807, 2.05) is 0 Å². The summed E-state index contributed by atoms with van der Waals surface area (Å²) in [6.07, 6.45) is 0.984. The molecule has 0 saturated carbocycles. The van der Waals surface area contributed by atoms with Crippen LogP contribution in [-0.2, 0) is 22.6 Å².